The number of amides is 2. The van der Waals surface area contributed by atoms with Crippen molar-refractivity contribution in [3.8, 4) is 0 Å². The summed E-state index contributed by atoms with van der Waals surface area (Å²) >= 11 is 0. The molecule has 0 bridgehead atoms. The number of likely N-dealkylation sites (tertiary alicyclic amines) is 2. The summed E-state index contributed by atoms with van der Waals surface area (Å²) in [5.74, 6) is 0.542. The Balaban J connectivity index is 0.00000338. The number of carbonyl (C=O) groups excluding carboxylic acids is 2. The predicted octanol–water partition coefficient (Wildman–Crippen LogP) is 1.53. The maximum absolute atomic E-state index is 12.1. The SMILES string of the molecule is CCOC(=O)N1CCC(NC(N)=NCCC(=O)N2CCCCC2)CC1.I. The smallest absolute Gasteiger partial charge is 0.409 e. The van der Waals surface area contributed by atoms with Crippen LogP contribution < -0.4 is 11.1 Å². The third-order valence-corrected chi connectivity index (χ3v) is 4.69. The Morgan fingerprint density at radius 1 is 1.12 bits per heavy atom. The molecule has 2 aliphatic rings. The van der Waals surface area contributed by atoms with E-state index in [0.717, 1.165) is 38.8 Å². The molecule has 2 amide bonds. The molecule has 0 unspecified atom stereocenters. The van der Waals surface area contributed by atoms with E-state index in [2.05, 4.69) is 10.3 Å². The van der Waals surface area contributed by atoms with Gasteiger partial charge in [-0.3, -0.25) is 9.79 Å². The second kappa shape index (κ2) is 12.2. The Hall–Kier alpha value is -1.26. The largest absolute Gasteiger partial charge is 0.450 e. The summed E-state index contributed by atoms with van der Waals surface area (Å²) in [7, 11) is 0. The van der Waals surface area contributed by atoms with E-state index >= 15 is 0 Å². The highest BCUT2D eigenvalue weighted by molar-refractivity contribution is 14.0. The molecule has 150 valence electrons. The van der Waals surface area contributed by atoms with Gasteiger partial charge in [-0.1, -0.05) is 0 Å². The molecule has 9 heteroatoms. The van der Waals surface area contributed by atoms with E-state index in [1.54, 1.807) is 11.8 Å². The van der Waals surface area contributed by atoms with Crippen LogP contribution in [0.4, 0.5) is 4.79 Å². The number of guanidine groups is 1. The molecule has 2 aliphatic heterocycles. The topological polar surface area (TPSA) is 100 Å². The van der Waals surface area contributed by atoms with Gasteiger partial charge in [-0.05, 0) is 39.0 Å². The summed E-state index contributed by atoms with van der Waals surface area (Å²) in [5, 5.41) is 3.19. The van der Waals surface area contributed by atoms with Crippen LogP contribution in [0.5, 0.6) is 0 Å². The number of rotatable bonds is 5. The molecule has 0 aromatic carbocycles. The lowest BCUT2D eigenvalue weighted by molar-refractivity contribution is -0.131. The average molecular weight is 481 g/mol. The fourth-order valence-electron chi connectivity index (χ4n) is 3.25. The second-order valence-corrected chi connectivity index (χ2v) is 6.56. The molecule has 2 rings (SSSR count). The Morgan fingerprint density at radius 2 is 1.77 bits per heavy atom. The number of hydrogen-bond acceptors (Lipinski definition) is 4. The van der Waals surface area contributed by atoms with Gasteiger partial charge in [0, 0.05) is 38.6 Å². The van der Waals surface area contributed by atoms with E-state index in [4.69, 9.17) is 10.5 Å². The lowest BCUT2D eigenvalue weighted by Crippen LogP contribution is -2.48. The molecule has 3 N–H and O–H groups in total. The van der Waals surface area contributed by atoms with E-state index in [-0.39, 0.29) is 42.0 Å². The molecule has 0 atom stereocenters. The lowest BCUT2D eigenvalue weighted by Gasteiger charge is -2.31. The molecule has 2 heterocycles. The van der Waals surface area contributed by atoms with Crippen LogP contribution in [0.1, 0.15) is 45.4 Å². The highest BCUT2D eigenvalue weighted by atomic mass is 127. The minimum Gasteiger partial charge on any atom is -0.450 e. The van der Waals surface area contributed by atoms with Crippen LogP contribution in [-0.2, 0) is 9.53 Å². The van der Waals surface area contributed by atoms with Crippen LogP contribution in [0.25, 0.3) is 0 Å². The van der Waals surface area contributed by atoms with Crippen molar-refractivity contribution in [2.75, 3.05) is 39.3 Å². The van der Waals surface area contributed by atoms with Gasteiger partial charge in [0.05, 0.1) is 13.2 Å². The van der Waals surface area contributed by atoms with Crippen LogP contribution in [-0.4, -0.2) is 73.1 Å². The first-order chi connectivity index (χ1) is 12.1. The molecule has 8 nitrogen and oxygen atoms in total. The maximum atomic E-state index is 12.1. The summed E-state index contributed by atoms with van der Waals surface area (Å²) in [4.78, 5) is 31.6. The summed E-state index contributed by atoms with van der Waals surface area (Å²) in [6.45, 7) is 5.65. The quantitative estimate of drug-likeness (QED) is 0.353. The zero-order valence-corrected chi connectivity index (χ0v) is 17.9. The van der Waals surface area contributed by atoms with Crippen LogP contribution in [0.15, 0.2) is 4.99 Å². The van der Waals surface area contributed by atoms with Gasteiger partial charge in [-0.15, -0.1) is 24.0 Å². The highest BCUT2D eigenvalue weighted by Crippen LogP contribution is 2.12. The summed E-state index contributed by atoms with van der Waals surface area (Å²) in [6.07, 6.45) is 5.19. The van der Waals surface area contributed by atoms with Gasteiger partial charge in [0.25, 0.3) is 0 Å². The van der Waals surface area contributed by atoms with E-state index in [1.807, 2.05) is 4.90 Å². The molecular weight excluding hydrogens is 449 g/mol. The summed E-state index contributed by atoms with van der Waals surface area (Å²) in [6, 6.07) is 0.201. The molecule has 2 saturated heterocycles. The summed E-state index contributed by atoms with van der Waals surface area (Å²) < 4.78 is 5.01. The predicted molar refractivity (Wildman–Crippen MR) is 112 cm³/mol. The van der Waals surface area contributed by atoms with Crippen molar-refractivity contribution < 1.29 is 14.3 Å². The first-order valence-corrected chi connectivity index (χ1v) is 9.36. The van der Waals surface area contributed by atoms with E-state index in [9.17, 15) is 9.59 Å². The van der Waals surface area contributed by atoms with Crippen LogP contribution in [0.2, 0.25) is 0 Å². The number of nitrogens with one attached hydrogen (secondary N) is 1. The molecule has 0 saturated carbocycles. The second-order valence-electron chi connectivity index (χ2n) is 6.56. The van der Waals surface area contributed by atoms with Gasteiger partial charge in [0.1, 0.15) is 0 Å². The van der Waals surface area contributed by atoms with Gasteiger partial charge in [0.15, 0.2) is 5.96 Å². The van der Waals surface area contributed by atoms with Gasteiger partial charge >= 0.3 is 6.09 Å². The van der Waals surface area contributed by atoms with Crippen molar-refractivity contribution in [1.82, 2.24) is 15.1 Å². The first-order valence-electron chi connectivity index (χ1n) is 9.36. The van der Waals surface area contributed by atoms with Gasteiger partial charge < -0.3 is 25.6 Å². The molecule has 26 heavy (non-hydrogen) atoms. The fourth-order valence-corrected chi connectivity index (χ4v) is 3.25. The van der Waals surface area contributed by atoms with Gasteiger partial charge in [-0.25, -0.2) is 4.79 Å². The number of hydrogen-bond donors (Lipinski definition) is 2. The Bertz CT molecular complexity index is 475. The van der Waals surface area contributed by atoms with Crippen molar-refractivity contribution in [2.45, 2.75) is 51.5 Å². The summed E-state index contributed by atoms with van der Waals surface area (Å²) in [5.41, 5.74) is 5.92. The van der Waals surface area contributed by atoms with E-state index in [1.165, 1.54) is 6.42 Å². The van der Waals surface area contributed by atoms with Crippen LogP contribution >= 0.6 is 24.0 Å². The van der Waals surface area contributed by atoms with Crippen molar-refractivity contribution >= 4 is 41.9 Å². The highest BCUT2D eigenvalue weighted by Gasteiger charge is 2.23. The van der Waals surface area contributed by atoms with Crippen molar-refractivity contribution in [1.29, 1.82) is 0 Å². The minimum absolute atomic E-state index is 0. The lowest BCUT2D eigenvalue weighted by atomic mass is 10.1. The third kappa shape index (κ3) is 7.55. The number of nitrogens with two attached hydrogens (primary N) is 1. The molecule has 0 aromatic heterocycles. The molecule has 2 fully saturated rings. The number of piperidine rings is 2. The Morgan fingerprint density at radius 3 is 2.38 bits per heavy atom. The molecule has 0 spiro atoms. The minimum atomic E-state index is -0.251. The molecule has 0 radical (unpaired) electrons. The van der Waals surface area contributed by atoms with Gasteiger partial charge in [0.2, 0.25) is 5.91 Å². The van der Waals surface area contributed by atoms with E-state index in [0.29, 0.717) is 38.6 Å². The standard InChI is InChI=1S/C17H31N5O3.HI/c1-2-25-17(24)22-12-7-14(8-13-22)20-16(18)19-9-6-15(23)21-10-4-3-5-11-21;/h14H,2-13H2,1H3,(H3,18,19,20);1H. The number of ether oxygens (including phenoxy) is 1. The average Bonchev–Trinajstić information content (AvgIpc) is 2.63. The molecule has 0 aromatic rings. The van der Waals surface area contributed by atoms with Crippen molar-refractivity contribution in [2.24, 2.45) is 10.7 Å². The molecule has 0 aliphatic carbocycles. The third-order valence-electron chi connectivity index (χ3n) is 4.69. The monoisotopic (exact) mass is 481 g/mol. The van der Waals surface area contributed by atoms with Crippen LogP contribution in [0, 0.1) is 0 Å². The van der Waals surface area contributed by atoms with Gasteiger partial charge in [-0.2, -0.15) is 0 Å². The Labute approximate surface area is 172 Å². The number of nitrogens with zero attached hydrogens (tertiary/aromatic N) is 3. The normalized spacial score (nSPS) is 18.9. The van der Waals surface area contributed by atoms with Crippen LogP contribution in [0.3, 0.4) is 0 Å². The number of carbonyl (C=O) groups is 2. The van der Waals surface area contributed by atoms with Crippen molar-refractivity contribution in [3.05, 3.63) is 0 Å². The van der Waals surface area contributed by atoms with E-state index < -0.39 is 0 Å². The molecular formula is C17H32IN5O3. The number of aliphatic imine (C=N–C) groups is 1. The zero-order chi connectivity index (χ0) is 18.1. The number of halogens is 1. The van der Waals surface area contributed by atoms with Crippen molar-refractivity contribution in [3.63, 3.8) is 0 Å². The fraction of sp³-hybridized carbons (Fsp3) is 0.824. The zero-order valence-electron chi connectivity index (χ0n) is 15.6. The maximum Gasteiger partial charge on any atom is 0.409 e. The Kier molecular flexibility index (Phi) is 10.7. The first kappa shape index (κ1) is 22.8.